The van der Waals surface area contributed by atoms with Crippen LogP contribution in [0, 0.1) is 0 Å². The molecule has 0 saturated heterocycles. The molecule has 2 aromatic rings. The number of halogens is 1. The summed E-state index contributed by atoms with van der Waals surface area (Å²) in [5, 5.41) is 6.20. The third-order valence-electron chi connectivity index (χ3n) is 3.57. The predicted octanol–water partition coefficient (Wildman–Crippen LogP) is 1.98. The van der Waals surface area contributed by atoms with E-state index in [-0.39, 0.29) is 22.4 Å². The van der Waals surface area contributed by atoms with Crippen molar-refractivity contribution in [1.29, 1.82) is 0 Å². The van der Waals surface area contributed by atoms with Gasteiger partial charge in [0, 0.05) is 17.8 Å². The van der Waals surface area contributed by atoms with Crippen LogP contribution in [0.15, 0.2) is 23.4 Å². The number of anilines is 2. The van der Waals surface area contributed by atoms with Crippen LogP contribution in [0.2, 0.25) is 5.15 Å². The van der Waals surface area contributed by atoms with Gasteiger partial charge in [0.05, 0.1) is 0 Å². The summed E-state index contributed by atoms with van der Waals surface area (Å²) in [6, 6.07) is 5.40. The Morgan fingerprint density at radius 3 is 2.92 bits per heavy atom. The van der Waals surface area contributed by atoms with Crippen molar-refractivity contribution >= 4 is 46.7 Å². The number of rotatable bonds is 4. The Bertz CT molecular complexity index is 843. The summed E-state index contributed by atoms with van der Waals surface area (Å²) in [6.07, 6.45) is 2.58. The lowest BCUT2D eigenvalue weighted by Crippen LogP contribution is -2.31. The third kappa shape index (κ3) is 3.15. The Morgan fingerprint density at radius 1 is 1.42 bits per heavy atom. The molecule has 2 amide bonds. The van der Waals surface area contributed by atoms with Gasteiger partial charge in [0.2, 0.25) is 0 Å². The van der Waals surface area contributed by atoms with Crippen LogP contribution in [0.1, 0.15) is 26.3 Å². The Hall–Kier alpha value is -2.32. The fourth-order valence-electron chi connectivity index (χ4n) is 2.44. The molecule has 1 aromatic heterocycles. The lowest BCUT2D eigenvalue weighted by molar-refractivity contribution is 0.0944. The number of carbonyl (C=O) groups excluding carboxylic acids is 2. The zero-order chi connectivity index (χ0) is 17.3. The van der Waals surface area contributed by atoms with E-state index in [4.69, 9.17) is 17.3 Å². The molecular weight excluding hydrogens is 350 g/mol. The molecule has 0 fully saturated rings. The highest BCUT2D eigenvalue weighted by molar-refractivity contribution is 7.98. The molecule has 0 atom stereocenters. The van der Waals surface area contributed by atoms with E-state index in [9.17, 15) is 9.59 Å². The maximum Gasteiger partial charge on any atom is 0.255 e. The molecule has 0 radical (unpaired) electrons. The summed E-state index contributed by atoms with van der Waals surface area (Å²) in [5.74, 6) is -0.644. The van der Waals surface area contributed by atoms with Gasteiger partial charge < -0.3 is 16.4 Å². The van der Waals surface area contributed by atoms with Gasteiger partial charge in [-0.3, -0.25) is 9.59 Å². The number of hydrogen-bond donors (Lipinski definition) is 3. The number of fused-ring (bicyclic) bond motifs is 1. The van der Waals surface area contributed by atoms with Gasteiger partial charge in [0.1, 0.15) is 16.5 Å². The quantitative estimate of drug-likeness (QED) is 0.435. The molecule has 9 heteroatoms. The molecule has 0 aliphatic carbocycles. The van der Waals surface area contributed by atoms with E-state index in [0.29, 0.717) is 23.0 Å². The average Bonchev–Trinajstić information content (AvgIpc) is 2.54. The second kappa shape index (κ2) is 6.66. The first-order chi connectivity index (χ1) is 11.5. The molecule has 7 nitrogen and oxygen atoms in total. The number of aromatic nitrogens is 2. The monoisotopic (exact) mass is 363 g/mol. The van der Waals surface area contributed by atoms with Gasteiger partial charge in [-0.25, -0.2) is 9.97 Å². The fraction of sp³-hybridized carbons (Fsp3) is 0.200. The number of hydrogen-bond acceptors (Lipinski definition) is 6. The van der Waals surface area contributed by atoms with Crippen LogP contribution in [0.5, 0.6) is 0 Å². The number of nitrogens with two attached hydrogens (primary N) is 1. The zero-order valence-electron chi connectivity index (χ0n) is 12.7. The van der Waals surface area contributed by atoms with Crippen LogP contribution in [-0.4, -0.2) is 34.6 Å². The van der Waals surface area contributed by atoms with Gasteiger partial charge in [-0.2, -0.15) is 0 Å². The highest BCUT2D eigenvalue weighted by atomic mass is 35.5. The average molecular weight is 364 g/mol. The smallest absolute Gasteiger partial charge is 0.255 e. The van der Waals surface area contributed by atoms with E-state index in [2.05, 4.69) is 20.6 Å². The fourth-order valence-corrected chi connectivity index (χ4v) is 3.12. The van der Waals surface area contributed by atoms with Gasteiger partial charge in [-0.15, -0.1) is 0 Å². The van der Waals surface area contributed by atoms with Crippen LogP contribution in [0.3, 0.4) is 0 Å². The number of thioether (sulfide) groups is 1. The van der Waals surface area contributed by atoms with Crippen molar-refractivity contribution in [3.8, 4) is 0 Å². The highest BCUT2D eigenvalue weighted by Crippen LogP contribution is 2.28. The summed E-state index contributed by atoms with van der Waals surface area (Å²) < 4.78 is 0. The Labute approximate surface area is 147 Å². The minimum absolute atomic E-state index is 0.0108. The van der Waals surface area contributed by atoms with Crippen LogP contribution >= 0.6 is 23.4 Å². The second-order valence-electron chi connectivity index (χ2n) is 5.09. The van der Waals surface area contributed by atoms with E-state index in [1.54, 1.807) is 12.3 Å². The van der Waals surface area contributed by atoms with Crippen molar-refractivity contribution in [3.63, 3.8) is 0 Å². The summed E-state index contributed by atoms with van der Waals surface area (Å²) in [6.45, 7) is 0.628. The molecule has 0 spiro atoms. The summed E-state index contributed by atoms with van der Waals surface area (Å²) >= 11 is 7.33. The number of benzene rings is 1. The Balaban J connectivity index is 2.02. The van der Waals surface area contributed by atoms with Crippen molar-refractivity contribution < 1.29 is 9.59 Å². The van der Waals surface area contributed by atoms with E-state index in [1.807, 2.05) is 12.1 Å². The molecular formula is C15H14ClN5O2S. The minimum Gasteiger partial charge on any atom is -0.365 e. The summed E-state index contributed by atoms with van der Waals surface area (Å²) in [5.41, 5.74) is 7.57. The number of primary amides is 1. The molecule has 4 N–H and O–H groups in total. The molecule has 0 bridgehead atoms. The first-order valence-corrected chi connectivity index (χ1v) is 8.69. The van der Waals surface area contributed by atoms with E-state index >= 15 is 0 Å². The Morgan fingerprint density at radius 2 is 2.21 bits per heavy atom. The van der Waals surface area contributed by atoms with Gasteiger partial charge >= 0.3 is 0 Å². The number of carbonyl (C=O) groups is 2. The van der Waals surface area contributed by atoms with Crippen LogP contribution in [0.4, 0.5) is 11.5 Å². The van der Waals surface area contributed by atoms with Gasteiger partial charge in [-0.1, -0.05) is 29.4 Å². The van der Waals surface area contributed by atoms with Gasteiger partial charge in [0.15, 0.2) is 5.16 Å². The zero-order valence-corrected chi connectivity index (χ0v) is 14.3. The normalized spacial score (nSPS) is 13.2. The highest BCUT2D eigenvalue weighted by Gasteiger charge is 2.20. The molecule has 0 unspecified atom stereocenters. The van der Waals surface area contributed by atoms with Crippen molar-refractivity contribution in [1.82, 2.24) is 15.3 Å². The summed E-state index contributed by atoms with van der Waals surface area (Å²) in [7, 11) is 0. The molecule has 0 saturated carbocycles. The molecule has 1 aliphatic rings. The van der Waals surface area contributed by atoms with E-state index in [0.717, 1.165) is 12.0 Å². The molecule has 24 heavy (non-hydrogen) atoms. The lowest BCUT2D eigenvalue weighted by Gasteiger charge is -2.18. The summed E-state index contributed by atoms with van der Waals surface area (Å²) in [4.78, 5) is 31.9. The number of nitrogens with one attached hydrogen (secondary N) is 2. The molecule has 3 rings (SSSR count). The topological polar surface area (TPSA) is 110 Å². The molecule has 1 aromatic carbocycles. The molecule has 2 heterocycles. The number of amides is 2. The van der Waals surface area contributed by atoms with Crippen LogP contribution in [-0.2, 0) is 6.42 Å². The van der Waals surface area contributed by atoms with Gasteiger partial charge in [0.25, 0.3) is 11.8 Å². The molecule has 1 aliphatic heterocycles. The van der Waals surface area contributed by atoms with Gasteiger partial charge in [-0.05, 0) is 30.4 Å². The SMILES string of the molecule is CSc1nc(Cl)c(C(N)=O)c(Nc2ccc3c(c2)C(=O)NCC3)n1. The van der Waals surface area contributed by atoms with Crippen molar-refractivity contribution in [3.05, 3.63) is 40.0 Å². The van der Waals surface area contributed by atoms with Crippen LogP contribution < -0.4 is 16.4 Å². The first kappa shape index (κ1) is 16.5. The van der Waals surface area contributed by atoms with E-state index in [1.165, 1.54) is 11.8 Å². The predicted molar refractivity (Wildman–Crippen MR) is 93.1 cm³/mol. The van der Waals surface area contributed by atoms with Crippen molar-refractivity contribution in [2.24, 2.45) is 5.73 Å². The van der Waals surface area contributed by atoms with E-state index < -0.39 is 5.91 Å². The van der Waals surface area contributed by atoms with Crippen molar-refractivity contribution in [2.75, 3.05) is 18.1 Å². The second-order valence-corrected chi connectivity index (χ2v) is 6.22. The lowest BCUT2D eigenvalue weighted by atomic mass is 10.00. The van der Waals surface area contributed by atoms with Crippen LogP contribution in [0.25, 0.3) is 0 Å². The molecule has 124 valence electrons. The Kier molecular flexibility index (Phi) is 4.59. The maximum atomic E-state index is 12.0. The first-order valence-electron chi connectivity index (χ1n) is 7.09. The number of nitrogens with zero attached hydrogens (tertiary/aromatic N) is 2. The standard InChI is InChI=1S/C15H14ClN5O2S/c1-24-15-20-11(16)10(12(17)22)13(21-15)19-8-3-2-7-4-5-18-14(23)9(7)6-8/h2-3,6H,4-5H2,1H3,(H2,17,22)(H,18,23)(H,19,20,21). The largest absolute Gasteiger partial charge is 0.365 e. The van der Waals surface area contributed by atoms with Crippen molar-refractivity contribution in [2.45, 2.75) is 11.6 Å². The maximum absolute atomic E-state index is 12.0. The minimum atomic E-state index is -0.731. The third-order valence-corrected chi connectivity index (χ3v) is 4.39.